The second kappa shape index (κ2) is 5.23. The van der Waals surface area contributed by atoms with E-state index < -0.39 is 0 Å². The highest BCUT2D eigenvalue weighted by Crippen LogP contribution is 2.33. The molecule has 1 heterocycles. The Morgan fingerprint density at radius 2 is 1.85 bits per heavy atom. The molecule has 2 aromatic rings. The fraction of sp³-hybridized carbons (Fsp3) is 0.333. The van der Waals surface area contributed by atoms with Crippen molar-refractivity contribution in [3.63, 3.8) is 0 Å². The number of nitrogens with one attached hydrogen (secondary N) is 1. The van der Waals surface area contributed by atoms with Crippen molar-refractivity contribution in [1.82, 2.24) is 9.97 Å². The Kier molecular flexibility index (Phi) is 3.94. The Morgan fingerprint density at radius 3 is 2.45 bits per heavy atom. The van der Waals surface area contributed by atoms with Crippen LogP contribution in [-0.4, -0.2) is 9.97 Å². The third-order valence-electron chi connectivity index (χ3n) is 3.07. The van der Waals surface area contributed by atoms with Crippen LogP contribution in [-0.2, 0) is 5.41 Å². The van der Waals surface area contributed by atoms with Crippen molar-refractivity contribution >= 4 is 23.2 Å². The summed E-state index contributed by atoms with van der Waals surface area (Å²) in [6.07, 6.45) is 0. The largest absolute Gasteiger partial charge is 0.310 e. The lowest BCUT2D eigenvalue weighted by atomic mass is 9.95. The van der Waals surface area contributed by atoms with E-state index >= 15 is 0 Å². The number of aromatic nitrogens is 2. The molecule has 0 saturated carbocycles. The first-order chi connectivity index (χ1) is 9.21. The Labute approximate surface area is 128 Å². The van der Waals surface area contributed by atoms with E-state index in [0.29, 0.717) is 32.7 Å². The number of nitrogens with zero attached hydrogens (tertiary/aromatic N) is 1. The summed E-state index contributed by atoms with van der Waals surface area (Å²) in [6.45, 7) is 7.70. The summed E-state index contributed by atoms with van der Waals surface area (Å²) in [7, 11) is 0. The quantitative estimate of drug-likeness (QED) is 0.851. The third kappa shape index (κ3) is 2.74. The smallest absolute Gasteiger partial charge is 0.254 e. The van der Waals surface area contributed by atoms with Gasteiger partial charge in [-0.25, -0.2) is 4.98 Å². The lowest BCUT2D eigenvalue weighted by Crippen LogP contribution is -2.24. The highest BCUT2D eigenvalue weighted by atomic mass is 35.5. The summed E-state index contributed by atoms with van der Waals surface area (Å²) in [4.78, 5) is 19.5. The van der Waals surface area contributed by atoms with Gasteiger partial charge in [-0.2, -0.15) is 0 Å². The molecule has 20 heavy (non-hydrogen) atoms. The second-order valence-corrected chi connectivity index (χ2v) is 6.52. The monoisotopic (exact) mass is 310 g/mol. The van der Waals surface area contributed by atoms with Gasteiger partial charge in [-0.3, -0.25) is 4.79 Å². The van der Waals surface area contributed by atoms with Crippen molar-refractivity contribution in [2.24, 2.45) is 0 Å². The molecular weight excluding hydrogens is 295 g/mol. The van der Waals surface area contributed by atoms with Gasteiger partial charge in [0.25, 0.3) is 5.56 Å². The van der Waals surface area contributed by atoms with Crippen LogP contribution in [0.4, 0.5) is 0 Å². The predicted molar refractivity (Wildman–Crippen MR) is 83.8 cm³/mol. The van der Waals surface area contributed by atoms with E-state index in [1.165, 1.54) is 0 Å². The van der Waals surface area contributed by atoms with Gasteiger partial charge in [-0.1, -0.05) is 56.1 Å². The lowest BCUT2D eigenvalue weighted by Gasteiger charge is -2.19. The molecule has 0 amide bonds. The van der Waals surface area contributed by atoms with E-state index in [4.69, 9.17) is 23.2 Å². The van der Waals surface area contributed by atoms with Crippen molar-refractivity contribution in [2.75, 3.05) is 0 Å². The molecule has 0 aliphatic rings. The van der Waals surface area contributed by atoms with Crippen LogP contribution in [0.1, 0.15) is 32.2 Å². The Hall–Kier alpha value is -1.32. The minimum atomic E-state index is -0.257. The minimum absolute atomic E-state index is 0.157. The highest BCUT2D eigenvalue weighted by molar-refractivity contribution is 6.43. The summed E-state index contributed by atoms with van der Waals surface area (Å²) < 4.78 is 0. The lowest BCUT2D eigenvalue weighted by molar-refractivity contribution is 0.542. The zero-order valence-corrected chi connectivity index (χ0v) is 13.4. The Bertz CT molecular complexity index is 715. The van der Waals surface area contributed by atoms with Crippen LogP contribution in [0.5, 0.6) is 0 Å². The van der Waals surface area contributed by atoms with Crippen molar-refractivity contribution < 1.29 is 0 Å². The average Bonchev–Trinajstić information content (AvgIpc) is 2.35. The summed E-state index contributed by atoms with van der Waals surface area (Å²) in [5.74, 6) is 0.624. The Balaban J connectivity index is 2.77. The number of rotatable bonds is 1. The first kappa shape index (κ1) is 15.1. The zero-order chi connectivity index (χ0) is 15.1. The number of hydrogen-bond donors (Lipinski definition) is 1. The molecule has 1 aromatic carbocycles. The molecule has 2 rings (SSSR count). The molecule has 106 valence electrons. The number of aromatic amines is 1. The van der Waals surface area contributed by atoms with E-state index in [2.05, 4.69) is 9.97 Å². The molecule has 0 atom stereocenters. The summed E-state index contributed by atoms with van der Waals surface area (Å²) in [5, 5.41) is 0.859. The minimum Gasteiger partial charge on any atom is -0.310 e. The van der Waals surface area contributed by atoms with Crippen molar-refractivity contribution in [1.29, 1.82) is 0 Å². The van der Waals surface area contributed by atoms with Gasteiger partial charge in [0.2, 0.25) is 0 Å². The first-order valence-corrected chi connectivity index (χ1v) is 7.03. The second-order valence-electron chi connectivity index (χ2n) is 5.74. The molecule has 0 spiro atoms. The Morgan fingerprint density at radius 1 is 1.20 bits per heavy atom. The predicted octanol–water partition coefficient (Wildman–Crippen LogP) is 4.35. The molecule has 0 fully saturated rings. The molecule has 5 heteroatoms. The fourth-order valence-corrected chi connectivity index (χ4v) is 2.23. The van der Waals surface area contributed by atoms with Crippen molar-refractivity contribution in [2.45, 2.75) is 33.1 Å². The van der Waals surface area contributed by atoms with E-state index in [1.54, 1.807) is 19.1 Å². The van der Waals surface area contributed by atoms with Gasteiger partial charge in [0, 0.05) is 16.5 Å². The topological polar surface area (TPSA) is 45.8 Å². The SMILES string of the molecule is Cc1c(-c2cccc(Cl)c2Cl)nc(C(C)(C)C)[nH]c1=O. The maximum atomic E-state index is 12.1. The number of halogens is 2. The van der Waals surface area contributed by atoms with Gasteiger partial charge in [0.1, 0.15) is 5.82 Å². The van der Waals surface area contributed by atoms with Gasteiger partial charge in [0.15, 0.2) is 0 Å². The molecule has 1 N–H and O–H groups in total. The van der Waals surface area contributed by atoms with Crippen LogP contribution in [0.15, 0.2) is 23.0 Å². The highest BCUT2D eigenvalue weighted by Gasteiger charge is 2.21. The van der Waals surface area contributed by atoms with E-state index in [1.807, 2.05) is 26.8 Å². The number of hydrogen-bond acceptors (Lipinski definition) is 2. The van der Waals surface area contributed by atoms with Crippen LogP contribution in [0.25, 0.3) is 11.3 Å². The molecular formula is C15H16Cl2N2O. The van der Waals surface area contributed by atoms with Crippen LogP contribution in [0.3, 0.4) is 0 Å². The summed E-state index contributed by atoms with van der Waals surface area (Å²) in [6, 6.07) is 5.32. The van der Waals surface area contributed by atoms with Crippen LogP contribution >= 0.6 is 23.2 Å². The van der Waals surface area contributed by atoms with Gasteiger partial charge in [-0.05, 0) is 13.0 Å². The van der Waals surface area contributed by atoms with Crippen molar-refractivity contribution in [3.05, 3.63) is 50.0 Å². The molecule has 0 unspecified atom stereocenters. The maximum absolute atomic E-state index is 12.1. The van der Waals surface area contributed by atoms with Gasteiger partial charge >= 0.3 is 0 Å². The molecule has 0 aliphatic carbocycles. The van der Waals surface area contributed by atoms with E-state index in [-0.39, 0.29) is 11.0 Å². The van der Waals surface area contributed by atoms with Gasteiger partial charge in [0.05, 0.1) is 15.7 Å². The third-order valence-corrected chi connectivity index (χ3v) is 3.89. The van der Waals surface area contributed by atoms with Gasteiger partial charge < -0.3 is 4.98 Å². The molecule has 0 radical (unpaired) electrons. The normalized spacial score (nSPS) is 11.7. The van der Waals surface area contributed by atoms with Crippen molar-refractivity contribution in [3.8, 4) is 11.3 Å². The molecule has 3 nitrogen and oxygen atoms in total. The molecule has 0 saturated heterocycles. The standard InChI is InChI=1S/C15H16Cl2N2O/c1-8-12(9-6-5-7-10(16)11(9)17)18-14(15(2,3)4)19-13(8)20/h5-7H,1-4H3,(H,18,19,20). The first-order valence-electron chi connectivity index (χ1n) is 6.27. The average molecular weight is 311 g/mol. The van der Waals surface area contributed by atoms with Crippen LogP contribution < -0.4 is 5.56 Å². The van der Waals surface area contributed by atoms with Crippen LogP contribution in [0.2, 0.25) is 10.0 Å². The maximum Gasteiger partial charge on any atom is 0.254 e. The fourth-order valence-electron chi connectivity index (χ4n) is 1.84. The summed E-state index contributed by atoms with van der Waals surface area (Å²) >= 11 is 12.3. The van der Waals surface area contributed by atoms with E-state index in [0.717, 1.165) is 0 Å². The molecule has 0 bridgehead atoms. The van der Waals surface area contributed by atoms with Gasteiger partial charge in [-0.15, -0.1) is 0 Å². The molecule has 0 aliphatic heterocycles. The zero-order valence-electron chi connectivity index (χ0n) is 11.8. The van der Waals surface area contributed by atoms with E-state index in [9.17, 15) is 4.79 Å². The molecule has 1 aromatic heterocycles. The van der Waals surface area contributed by atoms with Crippen LogP contribution in [0, 0.1) is 6.92 Å². The summed E-state index contributed by atoms with van der Waals surface area (Å²) in [5.41, 5.74) is 1.37. The number of H-pyrrole nitrogens is 1. The number of benzene rings is 1.